The highest BCUT2D eigenvalue weighted by molar-refractivity contribution is 6.32. The van der Waals surface area contributed by atoms with Crippen LogP contribution in [0.2, 0.25) is 5.02 Å². The first-order chi connectivity index (χ1) is 7.25. The van der Waals surface area contributed by atoms with E-state index in [1.165, 1.54) is 0 Å². The molecule has 1 saturated carbocycles. The lowest BCUT2D eigenvalue weighted by Crippen LogP contribution is -2.26. The first kappa shape index (κ1) is 11.0. The van der Waals surface area contributed by atoms with E-state index in [1.807, 2.05) is 12.1 Å². The van der Waals surface area contributed by atoms with Gasteiger partial charge < -0.3 is 5.32 Å². The second-order valence-corrected chi connectivity index (χ2v) is 4.95. The molecule has 0 amide bonds. The fourth-order valence-electron chi connectivity index (χ4n) is 1.88. The number of aromatic nitrogens is 1. The Balaban J connectivity index is 1.95. The maximum Gasteiger partial charge on any atom is 0.144 e. The maximum absolute atomic E-state index is 6.05. The van der Waals surface area contributed by atoms with Gasteiger partial charge in [0.15, 0.2) is 0 Å². The van der Waals surface area contributed by atoms with Gasteiger partial charge >= 0.3 is 0 Å². The number of hydrogen-bond acceptors (Lipinski definition) is 2. The molecule has 4 heteroatoms. The summed E-state index contributed by atoms with van der Waals surface area (Å²) in [5, 5.41) is 4.40. The largest absolute Gasteiger partial charge is 0.366 e. The maximum atomic E-state index is 6.05. The minimum atomic E-state index is 0.349. The van der Waals surface area contributed by atoms with E-state index < -0.39 is 0 Å². The van der Waals surface area contributed by atoms with Crippen LogP contribution in [-0.2, 0) is 0 Å². The van der Waals surface area contributed by atoms with Crippen molar-refractivity contribution in [1.29, 1.82) is 0 Å². The fraction of sp³-hybridized carbons (Fsp3) is 0.545. The number of nitrogens with zero attached hydrogens (tertiary/aromatic N) is 1. The summed E-state index contributed by atoms with van der Waals surface area (Å²) in [7, 11) is 0. The Kier molecular flexibility index (Phi) is 3.71. The van der Waals surface area contributed by atoms with Crippen LogP contribution in [0.4, 0.5) is 5.82 Å². The first-order valence-electron chi connectivity index (χ1n) is 5.27. The van der Waals surface area contributed by atoms with Gasteiger partial charge in [0.2, 0.25) is 0 Å². The molecule has 0 aliphatic heterocycles. The van der Waals surface area contributed by atoms with E-state index in [0.29, 0.717) is 16.4 Å². The van der Waals surface area contributed by atoms with Crippen molar-refractivity contribution < 1.29 is 0 Å². The minimum absolute atomic E-state index is 0.349. The van der Waals surface area contributed by atoms with Gasteiger partial charge in [-0.25, -0.2) is 4.98 Å². The summed E-state index contributed by atoms with van der Waals surface area (Å²) in [6.45, 7) is 0. The predicted molar refractivity (Wildman–Crippen MR) is 64.8 cm³/mol. The lowest BCUT2D eigenvalue weighted by Gasteiger charge is -2.26. The molecule has 0 aromatic carbocycles. The minimum Gasteiger partial charge on any atom is -0.366 e. The molecule has 1 N–H and O–H groups in total. The third kappa shape index (κ3) is 2.99. The SMILES string of the molecule is Clc1cccnc1NC1CCC(Cl)CC1. The van der Waals surface area contributed by atoms with Crippen molar-refractivity contribution in [3.8, 4) is 0 Å². The molecule has 1 aliphatic carbocycles. The van der Waals surface area contributed by atoms with Crippen LogP contribution in [-0.4, -0.2) is 16.4 Å². The molecule has 0 atom stereocenters. The van der Waals surface area contributed by atoms with E-state index in [9.17, 15) is 0 Å². The zero-order valence-corrected chi connectivity index (χ0v) is 9.93. The lowest BCUT2D eigenvalue weighted by atomic mass is 9.95. The van der Waals surface area contributed by atoms with E-state index in [2.05, 4.69) is 10.3 Å². The standard InChI is InChI=1S/C11H14Cl2N2/c12-8-3-5-9(6-4-8)15-11-10(13)2-1-7-14-11/h1-2,7-9H,3-6H2,(H,14,15). The summed E-state index contributed by atoms with van der Waals surface area (Å²) in [6.07, 6.45) is 6.09. The Labute approximate surface area is 100.0 Å². The highest BCUT2D eigenvalue weighted by atomic mass is 35.5. The molecule has 0 unspecified atom stereocenters. The van der Waals surface area contributed by atoms with E-state index >= 15 is 0 Å². The second-order valence-electron chi connectivity index (χ2n) is 3.93. The molecule has 1 aromatic heterocycles. The monoisotopic (exact) mass is 244 g/mol. The Morgan fingerprint density at radius 2 is 2.00 bits per heavy atom. The number of pyridine rings is 1. The van der Waals surface area contributed by atoms with Crippen LogP contribution in [0.5, 0.6) is 0 Å². The molecule has 0 spiro atoms. The highest BCUT2D eigenvalue weighted by Crippen LogP contribution is 2.26. The van der Waals surface area contributed by atoms with Crippen molar-refractivity contribution in [2.24, 2.45) is 0 Å². The third-order valence-electron chi connectivity index (χ3n) is 2.76. The van der Waals surface area contributed by atoms with Crippen molar-refractivity contribution in [1.82, 2.24) is 4.98 Å². The van der Waals surface area contributed by atoms with Crippen LogP contribution < -0.4 is 5.32 Å². The number of anilines is 1. The smallest absolute Gasteiger partial charge is 0.144 e. The molecule has 15 heavy (non-hydrogen) atoms. The van der Waals surface area contributed by atoms with Crippen molar-refractivity contribution in [2.45, 2.75) is 37.1 Å². The summed E-state index contributed by atoms with van der Waals surface area (Å²) in [5.41, 5.74) is 0. The summed E-state index contributed by atoms with van der Waals surface area (Å²) in [5.74, 6) is 0.789. The van der Waals surface area contributed by atoms with Gasteiger partial charge in [-0.1, -0.05) is 11.6 Å². The second kappa shape index (κ2) is 5.04. The molecule has 0 radical (unpaired) electrons. The van der Waals surface area contributed by atoms with Gasteiger partial charge in [-0.3, -0.25) is 0 Å². The Morgan fingerprint density at radius 3 is 2.67 bits per heavy atom. The van der Waals surface area contributed by atoms with E-state index in [-0.39, 0.29) is 0 Å². The Hall–Kier alpha value is -0.470. The van der Waals surface area contributed by atoms with Crippen LogP contribution in [0.1, 0.15) is 25.7 Å². The van der Waals surface area contributed by atoms with Gasteiger partial charge in [-0.15, -0.1) is 11.6 Å². The normalized spacial score (nSPS) is 26.3. The van der Waals surface area contributed by atoms with Gasteiger partial charge in [0, 0.05) is 17.6 Å². The lowest BCUT2D eigenvalue weighted by molar-refractivity contribution is 0.467. The quantitative estimate of drug-likeness (QED) is 0.803. The molecule has 2 nitrogen and oxygen atoms in total. The molecule has 1 fully saturated rings. The van der Waals surface area contributed by atoms with Crippen molar-refractivity contribution in [3.05, 3.63) is 23.4 Å². The van der Waals surface area contributed by atoms with Crippen molar-refractivity contribution in [3.63, 3.8) is 0 Å². The highest BCUT2D eigenvalue weighted by Gasteiger charge is 2.19. The Morgan fingerprint density at radius 1 is 1.27 bits per heavy atom. The summed E-state index contributed by atoms with van der Waals surface area (Å²) in [6, 6.07) is 4.15. The molecule has 82 valence electrons. The van der Waals surface area contributed by atoms with Crippen LogP contribution in [0, 0.1) is 0 Å². The molecule has 1 heterocycles. The summed E-state index contributed by atoms with van der Waals surface area (Å²) in [4.78, 5) is 4.22. The molecule has 2 rings (SSSR count). The molecule has 1 aromatic rings. The number of alkyl halides is 1. The summed E-state index contributed by atoms with van der Waals surface area (Å²) < 4.78 is 0. The van der Waals surface area contributed by atoms with Crippen molar-refractivity contribution >= 4 is 29.0 Å². The predicted octanol–water partition coefficient (Wildman–Crippen LogP) is 3.70. The Bertz CT molecular complexity index is 322. The van der Waals surface area contributed by atoms with E-state index in [1.54, 1.807) is 6.20 Å². The van der Waals surface area contributed by atoms with Gasteiger partial charge in [-0.2, -0.15) is 0 Å². The van der Waals surface area contributed by atoms with Gasteiger partial charge in [0.25, 0.3) is 0 Å². The number of halogens is 2. The number of nitrogens with one attached hydrogen (secondary N) is 1. The topological polar surface area (TPSA) is 24.9 Å². The number of hydrogen-bond donors (Lipinski definition) is 1. The molecular formula is C11H14Cl2N2. The number of rotatable bonds is 2. The fourth-order valence-corrected chi connectivity index (χ4v) is 2.31. The van der Waals surface area contributed by atoms with E-state index in [4.69, 9.17) is 23.2 Å². The average molecular weight is 245 g/mol. The van der Waals surface area contributed by atoms with Gasteiger partial charge in [0.05, 0.1) is 5.02 Å². The van der Waals surface area contributed by atoms with Gasteiger partial charge in [0.1, 0.15) is 5.82 Å². The average Bonchev–Trinajstić information content (AvgIpc) is 2.25. The zero-order valence-electron chi connectivity index (χ0n) is 8.42. The molecular weight excluding hydrogens is 231 g/mol. The van der Waals surface area contributed by atoms with Crippen molar-refractivity contribution in [2.75, 3.05) is 5.32 Å². The van der Waals surface area contributed by atoms with Crippen LogP contribution >= 0.6 is 23.2 Å². The molecule has 0 bridgehead atoms. The summed E-state index contributed by atoms with van der Waals surface area (Å²) >= 11 is 12.1. The van der Waals surface area contributed by atoms with Crippen LogP contribution in [0.3, 0.4) is 0 Å². The molecule has 0 saturated heterocycles. The third-order valence-corrected chi connectivity index (χ3v) is 3.50. The van der Waals surface area contributed by atoms with Gasteiger partial charge in [-0.05, 0) is 37.8 Å². The zero-order chi connectivity index (χ0) is 10.7. The first-order valence-corrected chi connectivity index (χ1v) is 6.08. The van der Waals surface area contributed by atoms with Crippen LogP contribution in [0.15, 0.2) is 18.3 Å². The van der Waals surface area contributed by atoms with E-state index in [0.717, 1.165) is 31.5 Å². The molecule has 1 aliphatic rings. The van der Waals surface area contributed by atoms with Crippen LogP contribution in [0.25, 0.3) is 0 Å².